The minimum Gasteiger partial charge on any atom is -0.330 e. The van der Waals surface area contributed by atoms with Gasteiger partial charge in [-0.2, -0.15) is 0 Å². The maximum absolute atomic E-state index is 13.4. The van der Waals surface area contributed by atoms with Gasteiger partial charge in [-0.25, -0.2) is 4.39 Å². The zero-order valence-corrected chi connectivity index (χ0v) is 11.2. The molecular formula is C15H22FNO. The van der Waals surface area contributed by atoms with Gasteiger partial charge in [0.05, 0.1) is 0 Å². The first kappa shape index (κ1) is 14.8. The number of halogens is 1. The lowest BCUT2D eigenvalue weighted by atomic mass is 9.91. The lowest BCUT2D eigenvalue weighted by molar-refractivity contribution is -0.119. The third-order valence-corrected chi connectivity index (χ3v) is 3.00. The Morgan fingerprint density at radius 2 is 2.00 bits per heavy atom. The number of carbonyl (C=O) groups is 1. The molecule has 1 atom stereocenters. The van der Waals surface area contributed by atoms with E-state index in [1.165, 1.54) is 6.07 Å². The molecule has 0 aliphatic heterocycles. The number of rotatable bonds is 7. The molecule has 0 amide bonds. The average molecular weight is 251 g/mol. The Labute approximate surface area is 108 Å². The number of hydrogen-bond acceptors (Lipinski definition) is 2. The third-order valence-electron chi connectivity index (χ3n) is 3.00. The summed E-state index contributed by atoms with van der Waals surface area (Å²) in [5.74, 6) is 0.499. The molecule has 2 N–H and O–H groups in total. The van der Waals surface area contributed by atoms with E-state index in [-0.39, 0.29) is 23.9 Å². The van der Waals surface area contributed by atoms with Crippen LogP contribution < -0.4 is 5.73 Å². The third kappa shape index (κ3) is 4.96. The monoisotopic (exact) mass is 251 g/mol. The summed E-state index contributed by atoms with van der Waals surface area (Å²) in [6.45, 7) is 4.75. The number of carbonyl (C=O) groups excluding carboxylic acids is 1. The van der Waals surface area contributed by atoms with Gasteiger partial charge in [-0.15, -0.1) is 0 Å². The van der Waals surface area contributed by atoms with Gasteiger partial charge in [0, 0.05) is 12.8 Å². The zero-order valence-electron chi connectivity index (χ0n) is 11.2. The molecule has 1 rings (SSSR count). The summed E-state index contributed by atoms with van der Waals surface area (Å²) >= 11 is 0. The first-order chi connectivity index (χ1) is 8.52. The van der Waals surface area contributed by atoms with E-state index >= 15 is 0 Å². The summed E-state index contributed by atoms with van der Waals surface area (Å²) in [5.41, 5.74) is 6.14. The van der Waals surface area contributed by atoms with Crippen molar-refractivity contribution in [2.45, 2.75) is 33.1 Å². The molecule has 0 aliphatic rings. The van der Waals surface area contributed by atoms with Crippen molar-refractivity contribution in [1.82, 2.24) is 0 Å². The fraction of sp³-hybridized carbons (Fsp3) is 0.533. The molecule has 0 aromatic heterocycles. The van der Waals surface area contributed by atoms with Crippen molar-refractivity contribution in [3.05, 3.63) is 35.6 Å². The molecular weight excluding hydrogens is 229 g/mol. The highest BCUT2D eigenvalue weighted by Gasteiger charge is 2.15. The van der Waals surface area contributed by atoms with Crippen LogP contribution in [0.25, 0.3) is 0 Å². The standard InChI is InChI=1S/C15H22FNO/c1-11(2)7-12(10-17)8-14(18)9-13-5-3-4-6-15(13)16/h3-6,11-12H,7-10,17H2,1-2H3. The number of Topliss-reactive ketones (excluding diaryl/α,β-unsaturated/α-hetero) is 1. The van der Waals surface area contributed by atoms with E-state index in [1.54, 1.807) is 18.2 Å². The highest BCUT2D eigenvalue weighted by molar-refractivity contribution is 5.81. The number of nitrogens with two attached hydrogens (primary N) is 1. The Balaban J connectivity index is 2.53. The molecule has 1 aromatic rings. The van der Waals surface area contributed by atoms with Crippen molar-refractivity contribution in [3.63, 3.8) is 0 Å². The first-order valence-corrected chi connectivity index (χ1v) is 6.48. The predicted molar refractivity (Wildman–Crippen MR) is 71.7 cm³/mol. The van der Waals surface area contributed by atoms with E-state index in [9.17, 15) is 9.18 Å². The second-order valence-electron chi connectivity index (χ2n) is 5.24. The van der Waals surface area contributed by atoms with Crippen LogP contribution in [-0.2, 0) is 11.2 Å². The van der Waals surface area contributed by atoms with E-state index in [0.717, 1.165) is 6.42 Å². The van der Waals surface area contributed by atoms with Gasteiger partial charge in [-0.05, 0) is 36.4 Å². The summed E-state index contributed by atoms with van der Waals surface area (Å²) < 4.78 is 13.4. The Hall–Kier alpha value is -1.22. The van der Waals surface area contributed by atoms with E-state index < -0.39 is 0 Å². The van der Waals surface area contributed by atoms with Crippen LogP contribution >= 0.6 is 0 Å². The molecule has 3 heteroatoms. The molecule has 0 aliphatic carbocycles. The van der Waals surface area contributed by atoms with Crippen molar-refractivity contribution in [2.24, 2.45) is 17.6 Å². The van der Waals surface area contributed by atoms with Crippen molar-refractivity contribution >= 4 is 5.78 Å². The number of benzene rings is 1. The molecule has 0 saturated carbocycles. The molecule has 0 spiro atoms. The van der Waals surface area contributed by atoms with Crippen molar-refractivity contribution in [1.29, 1.82) is 0 Å². The number of hydrogen-bond donors (Lipinski definition) is 1. The van der Waals surface area contributed by atoms with Gasteiger partial charge in [0.25, 0.3) is 0 Å². The van der Waals surface area contributed by atoms with E-state index in [4.69, 9.17) is 5.73 Å². The summed E-state index contributed by atoms with van der Waals surface area (Å²) in [6.07, 6.45) is 1.56. The van der Waals surface area contributed by atoms with Gasteiger partial charge in [0.2, 0.25) is 0 Å². The van der Waals surface area contributed by atoms with Crippen molar-refractivity contribution < 1.29 is 9.18 Å². The van der Waals surface area contributed by atoms with Crippen molar-refractivity contribution in [3.8, 4) is 0 Å². The molecule has 18 heavy (non-hydrogen) atoms. The van der Waals surface area contributed by atoms with Crippen LogP contribution in [0.3, 0.4) is 0 Å². The molecule has 0 saturated heterocycles. The van der Waals surface area contributed by atoms with Gasteiger partial charge >= 0.3 is 0 Å². The SMILES string of the molecule is CC(C)CC(CN)CC(=O)Cc1ccccc1F. The van der Waals surface area contributed by atoms with E-state index in [2.05, 4.69) is 13.8 Å². The Bertz CT molecular complexity index is 390. The summed E-state index contributed by atoms with van der Waals surface area (Å²) in [7, 11) is 0. The van der Waals surface area contributed by atoms with Crippen LogP contribution in [0.5, 0.6) is 0 Å². The Morgan fingerprint density at radius 1 is 1.33 bits per heavy atom. The van der Waals surface area contributed by atoms with Crippen LogP contribution in [0.15, 0.2) is 24.3 Å². The normalized spacial score (nSPS) is 12.7. The van der Waals surface area contributed by atoms with Gasteiger partial charge < -0.3 is 5.73 Å². The minimum atomic E-state index is -0.306. The second-order valence-corrected chi connectivity index (χ2v) is 5.24. The molecule has 100 valence electrons. The lowest BCUT2D eigenvalue weighted by Gasteiger charge is -2.16. The molecule has 0 bridgehead atoms. The Kier molecular flexibility index (Phi) is 5.99. The van der Waals surface area contributed by atoms with E-state index in [0.29, 0.717) is 24.4 Å². The summed E-state index contributed by atoms with van der Waals surface area (Å²) in [6, 6.07) is 6.43. The van der Waals surface area contributed by atoms with Gasteiger partial charge in [-0.1, -0.05) is 32.0 Å². The predicted octanol–water partition coefficient (Wildman–Crippen LogP) is 2.95. The van der Waals surface area contributed by atoms with Crippen LogP contribution in [-0.4, -0.2) is 12.3 Å². The van der Waals surface area contributed by atoms with E-state index in [1.807, 2.05) is 0 Å². The summed E-state index contributed by atoms with van der Waals surface area (Å²) in [5, 5.41) is 0. The van der Waals surface area contributed by atoms with Crippen LogP contribution in [0.2, 0.25) is 0 Å². The van der Waals surface area contributed by atoms with Crippen LogP contribution in [0.1, 0.15) is 32.3 Å². The van der Waals surface area contributed by atoms with Crippen LogP contribution in [0, 0.1) is 17.7 Å². The topological polar surface area (TPSA) is 43.1 Å². The smallest absolute Gasteiger partial charge is 0.137 e. The first-order valence-electron chi connectivity index (χ1n) is 6.48. The van der Waals surface area contributed by atoms with Gasteiger partial charge in [0.15, 0.2) is 0 Å². The Morgan fingerprint density at radius 3 is 2.56 bits per heavy atom. The largest absolute Gasteiger partial charge is 0.330 e. The molecule has 2 nitrogen and oxygen atoms in total. The van der Waals surface area contributed by atoms with Crippen LogP contribution in [0.4, 0.5) is 4.39 Å². The minimum absolute atomic E-state index is 0.0659. The lowest BCUT2D eigenvalue weighted by Crippen LogP contribution is -2.21. The molecule has 1 unspecified atom stereocenters. The highest BCUT2D eigenvalue weighted by Crippen LogP contribution is 2.16. The zero-order chi connectivity index (χ0) is 13.5. The molecule has 0 heterocycles. The fourth-order valence-corrected chi connectivity index (χ4v) is 2.18. The van der Waals surface area contributed by atoms with Gasteiger partial charge in [0.1, 0.15) is 11.6 Å². The average Bonchev–Trinajstić information content (AvgIpc) is 2.30. The quantitative estimate of drug-likeness (QED) is 0.809. The van der Waals surface area contributed by atoms with Gasteiger partial charge in [-0.3, -0.25) is 4.79 Å². The molecule has 0 fully saturated rings. The number of ketones is 1. The maximum Gasteiger partial charge on any atom is 0.137 e. The maximum atomic E-state index is 13.4. The molecule has 1 aromatic carbocycles. The fourth-order valence-electron chi connectivity index (χ4n) is 2.18. The highest BCUT2D eigenvalue weighted by atomic mass is 19.1. The molecule has 0 radical (unpaired) electrons. The second kappa shape index (κ2) is 7.27. The summed E-state index contributed by atoms with van der Waals surface area (Å²) in [4.78, 5) is 11.9. The van der Waals surface area contributed by atoms with Crippen molar-refractivity contribution in [2.75, 3.05) is 6.54 Å².